The number of primary sulfonamides is 1. The van der Waals surface area contributed by atoms with Crippen LogP contribution >= 0.6 is 0 Å². The Morgan fingerprint density at radius 2 is 1.77 bits per heavy atom. The fourth-order valence-corrected chi connectivity index (χ4v) is 8.54. The summed E-state index contributed by atoms with van der Waals surface area (Å²) in [4.78, 5) is 2.46. The van der Waals surface area contributed by atoms with Gasteiger partial charge in [0.25, 0.3) is 0 Å². The molecular formula is C21H33N3O5S2. The molecule has 174 valence electrons. The Morgan fingerprint density at radius 1 is 1.13 bits per heavy atom. The van der Waals surface area contributed by atoms with Crippen molar-refractivity contribution in [2.75, 3.05) is 32.1 Å². The molecule has 2 bridgehead atoms. The first-order chi connectivity index (χ1) is 14.4. The Labute approximate surface area is 185 Å². The van der Waals surface area contributed by atoms with Crippen LogP contribution in [-0.2, 0) is 31.3 Å². The molecule has 2 aliphatic carbocycles. The SMILES string of the molecule is CC1(C)C2CCC1(CS(=O)(=O)NCc1ccc(S(N)(=O)=O)cc1)C(N1CCOCC1)C2. The van der Waals surface area contributed by atoms with Crippen LogP contribution in [0, 0.1) is 16.7 Å². The number of hydrogen-bond acceptors (Lipinski definition) is 6. The van der Waals surface area contributed by atoms with Crippen LogP contribution in [0.25, 0.3) is 0 Å². The van der Waals surface area contributed by atoms with Crippen LogP contribution in [0.4, 0.5) is 0 Å². The summed E-state index contributed by atoms with van der Waals surface area (Å²) in [6.07, 6.45) is 3.06. The average Bonchev–Trinajstić information content (AvgIpc) is 3.07. The highest BCUT2D eigenvalue weighted by Crippen LogP contribution is 2.67. The minimum atomic E-state index is -3.77. The summed E-state index contributed by atoms with van der Waals surface area (Å²) < 4.78 is 57.5. The number of sulfonamides is 2. The molecule has 2 saturated carbocycles. The maximum Gasteiger partial charge on any atom is 0.238 e. The van der Waals surface area contributed by atoms with E-state index in [0.29, 0.717) is 24.7 Å². The summed E-state index contributed by atoms with van der Waals surface area (Å²) in [7, 11) is -7.31. The van der Waals surface area contributed by atoms with E-state index >= 15 is 0 Å². The van der Waals surface area contributed by atoms with Gasteiger partial charge in [0, 0.05) is 31.1 Å². The maximum atomic E-state index is 13.2. The van der Waals surface area contributed by atoms with Crippen molar-refractivity contribution in [3.63, 3.8) is 0 Å². The molecule has 31 heavy (non-hydrogen) atoms. The Kier molecular flexibility index (Phi) is 6.02. The molecule has 8 nitrogen and oxygen atoms in total. The number of nitrogens with two attached hydrogens (primary N) is 1. The smallest absolute Gasteiger partial charge is 0.238 e. The fraction of sp³-hybridized carbons (Fsp3) is 0.714. The number of ether oxygens (including phenoxy) is 1. The summed E-state index contributed by atoms with van der Waals surface area (Å²) in [5.41, 5.74) is 0.369. The molecule has 0 radical (unpaired) electrons. The molecule has 0 spiro atoms. The molecule has 10 heteroatoms. The zero-order valence-electron chi connectivity index (χ0n) is 18.2. The minimum Gasteiger partial charge on any atom is -0.379 e. The van der Waals surface area contributed by atoms with E-state index in [-0.39, 0.29) is 34.1 Å². The van der Waals surface area contributed by atoms with Gasteiger partial charge < -0.3 is 4.74 Å². The molecule has 1 aromatic carbocycles. The molecule has 1 aromatic rings. The first kappa shape index (κ1) is 23.1. The van der Waals surface area contributed by atoms with Gasteiger partial charge >= 0.3 is 0 Å². The molecule has 3 fully saturated rings. The van der Waals surface area contributed by atoms with Gasteiger partial charge in [-0.2, -0.15) is 0 Å². The van der Waals surface area contributed by atoms with Gasteiger partial charge in [0.2, 0.25) is 20.0 Å². The van der Waals surface area contributed by atoms with Crippen molar-refractivity contribution in [1.29, 1.82) is 0 Å². The number of benzene rings is 1. The molecule has 1 heterocycles. The van der Waals surface area contributed by atoms with E-state index in [1.807, 2.05) is 0 Å². The predicted octanol–water partition coefficient (Wildman–Crippen LogP) is 1.28. The lowest BCUT2D eigenvalue weighted by Crippen LogP contribution is -2.55. The van der Waals surface area contributed by atoms with Gasteiger partial charge in [0.1, 0.15) is 0 Å². The van der Waals surface area contributed by atoms with Gasteiger partial charge in [-0.05, 0) is 48.3 Å². The molecule has 1 saturated heterocycles. The Morgan fingerprint density at radius 3 is 2.35 bits per heavy atom. The molecule has 3 atom stereocenters. The highest BCUT2D eigenvalue weighted by Gasteiger charge is 2.66. The van der Waals surface area contributed by atoms with Gasteiger partial charge in [-0.15, -0.1) is 0 Å². The lowest BCUT2D eigenvalue weighted by molar-refractivity contribution is -0.0257. The van der Waals surface area contributed by atoms with E-state index in [1.54, 1.807) is 12.1 Å². The van der Waals surface area contributed by atoms with Crippen LogP contribution in [0.1, 0.15) is 38.7 Å². The number of nitrogens with zero attached hydrogens (tertiary/aromatic N) is 1. The molecule has 3 aliphatic rings. The predicted molar refractivity (Wildman–Crippen MR) is 118 cm³/mol. The largest absolute Gasteiger partial charge is 0.379 e. The normalized spacial score (nSPS) is 31.2. The Balaban J connectivity index is 1.50. The van der Waals surface area contributed by atoms with E-state index in [2.05, 4.69) is 23.5 Å². The van der Waals surface area contributed by atoms with Gasteiger partial charge in [0.05, 0.1) is 23.9 Å². The number of morpholine rings is 1. The minimum absolute atomic E-state index is 0.0102. The third-order valence-electron chi connectivity index (χ3n) is 8.07. The van der Waals surface area contributed by atoms with Crippen LogP contribution in [0.5, 0.6) is 0 Å². The third kappa shape index (κ3) is 4.30. The van der Waals surface area contributed by atoms with Crippen LogP contribution < -0.4 is 9.86 Å². The van der Waals surface area contributed by atoms with Crippen molar-refractivity contribution in [1.82, 2.24) is 9.62 Å². The number of nitrogens with one attached hydrogen (secondary N) is 1. The van der Waals surface area contributed by atoms with Gasteiger partial charge in [-0.1, -0.05) is 26.0 Å². The van der Waals surface area contributed by atoms with Gasteiger partial charge in [-0.3, -0.25) is 4.90 Å². The summed E-state index contributed by atoms with van der Waals surface area (Å²) in [6.45, 7) is 7.74. The summed E-state index contributed by atoms with van der Waals surface area (Å²) >= 11 is 0. The average molecular weight is 472 g/mol. The van der Waals surface area contributed by atoms with Crippen LogP contribution in [0.15, 0.2) is 29.2 Å². The number of fused-ring (bicyclic) bond motifs is 2. The zero-order valence-corrected chi connectivity index (χ0v) is 19.8. The molecule has 3 unspecified atom stereocenters. The standard InChI is InChI=1S/C21H33N3O5S2/c1-20(2)17-7-8-21(20,19(13-17)24-9-11-29-12-10-24)15-30(25,26)23-14-16-3-5-18(6-4-16)31(22,27)28/h3-6,17,19,23H,7-15H2,1-2H3,(H2,22,27,28). The van der Waals surface area contributed by atoms with Crippen molar-refractivity contribution < 1.29 is 21.6 Å². The molecule has 3 N–H and O–H groups in total. The second kappa shape index (κ2) is 8.07. The summed E-state index contributed by atoms with van der Waals surface area (Å²) in [6, 6.07) is 6.22. The van der Waals surface area contributed by atoms with Crippen molar-refractivity contribution >= 4 is 20.0 Å². The molecule has 1 aliphatic heterocycles. The van der Waals surface area contributed by atoms with Crippen molar-refractivity contribution in [3.8, 4) is 0 Å². The van der Waals surface area contributed by atoms with Crippen molar-refractivity contribution in [2.45, 2.75) is 50.6 Å². The molecule has 4 rings (SSSR count). The van der Waals surface area contributed by atoms with Crippen molar-refractivity contribution in [3.05, 3.63) is 29.8 Å². The topological polar surface area (TPSA) is 119 Å². The van der Waals surface area contributed by atoms with E-state index < -0.39 is 20.0 Å². The van der Waals surface area contributed by atoms with Gasteiger partial charge in [0.15, 0.2) is 0 Å². The highest BCUT2D eigenvalue weighted by molar-refractivity contribution is 7.89. The number of hydrogen-bond donors (Lipinski definition) is 2. The highest BCUT2D eigenvalue weighted by atomic mass is 32.2. The molecule has 0 amide bonds. The first-order valence-electron chi connectivity index (χ1n) is 10.9. The first-order valence-corrected chi connectivity index (χ1v) is 14.1. The monoisotopic (exact) mass is 471 g/mol. The van der Waals surface area contributed by atoms with Crippen LogP contribution in [0.3, 0.4) is 0 Å². The summed E-state index contributed by atoms with van der Waals surface area (Å²) in [5.74, 6) is 0.655. The van der Waals surface area contributed by atoms with E-state index in [1.165, 1.54) is 12.1 Å². The molecule has 0 aromatic heterocycles. The lowest BCUT2D eigenvalue weighted by Gasteiger charge is -2.47. The lowest BCUT2D eigenvalue weighted by atomic mass is 9.68. The summed E-state index contributed by atoms with van der Waals surface area (Å²) in [5, 5.41) is 5.12. The van der Waals surface area contributed by atoms with Crippen molar-refractivity contribution in [2.24, 2.45) is 21.9 Å². The van der Waals surface area contributed by atoms with Crippen LogP contribution in [0.2, 0.25) is 0 Å². The van der Waals surface area contributed by atoms with E-state index in [0.717, 1.165) is 32.4 Å². The Bertz CT molecular complexity index is 1020. The van der Waals surface area contributed by atoms with E-state index in [4.69, 9.17) is 9.88 Å². The quantitative estimate of drug-likeness (QED) is 0.618. The molecular weight excluding hydrogens is 438 g/mol. The van der Waals surface area contributed by atoms with Gasteiger partial charge in [-0.25, -0.2) is 26.7 Å². The second-order valence-corrected chi connectivity index (χ2v) is 13.2. The maximum absolute atomic E-state index is 13.2. The van der Waals surface area contributed by atoms with Crippen LogP contribution in [-0.4, -0.2) is 59.8 Å². The Hall–Kier alpha value is -1.04. The second-order valence-electron chi connectivity index (χ2n) is 9.78. The fourth-order valence-electron chi connectivity index (χ4n) is 6.15. The zero-order chi connectivity index (χ0) is 22.5. The number of rotatable bonds is 7. The third-order valence-corrected chi connectivity index (χ3v) is 10.5. The van der Waals surface area contributed by atoms with E-state index in [9.17, 15) is 16.8 Å².